The van der Waals surface area contributed by atoms with Crippen molar-refractivity contribution in [1.82, 2.24) is 14.9 Å². The summed E-state index contributed by atoms with van der Waals surface area (Å²) in [6.45, 7) is 2.86. The first-order valence-corrected chi connectivity index (χ1v) is 11.2. The number of piperidine rings is 1. The summed E-state index contributed by atoms with van der Waals surface area (Å²) in [5.74, 6) is 2.94. The fourth-order valence-corrected chi connectivity index (χ4v) is 4.29. The zero-order valence-electron chi connectivity index (χ0n) is 19.1. The molecule has 0 unspecified atom stereocenters. The van der Waals surface area contributed by atoms with Gasteiger partial charge in [-0.3, -0.25) is 0 Å². The number of anilines is 2. The Labute approximate surface area is 221 Å². The highest BCUT2D eigenvalue weighted by atomic mass is 35.5. The molecule has 1 aromatic heterocycles. The van der Waals surface area contributed by atoms with Gasteiger partial charge in [0.2, 0.25) is 0 Å². The predicted molar refractivity (Wildman–Crippen MR) is 143 cm³/mol. The van der Waals surface area contributed by atoms with Crippen LogP contribution in [0.3, 0.4) is 0 Å². The Bertz CT molecular complexity index is 1110. The number of ether oxygens (including phenoxy) is 3. The Morgan fingerprint density at radius 1 is 0.941 bits per heavy atom. The molecule has 34 heavy (non-hydrogen) atoms. The monoisotopic (exact) mass is 548 g/mol. The van der Waals surface area contributed by atoms with Crippen molar-refractivity contribution in [3.8, 4) is 17.2 Å². The Kier molecular flexibility index (Phi) is 10.6. The highest BCUT2D eigenvalue weighted by Crippen LogP contribution is 2.38. The number of benzene rings is 2. The second kappa shape index (κ2) is 12.7. The molecular formula is C23H28Cl4N4O3. The Balaban J connectivity index is 0.00000204. The summed E-state index contributed by atoms with van der Waals surface area (Å²) in [6.07, 6.45) is 3.76. The molecule has 2 heterocycles. The maximum atomic E-state index is 6.37. The lowest BCUT2D eigenvalue weighted by atomic mass is 9.98. The molecule has 0 saturated carbocycles. The third-order valence-corrected chi connectivity index (χ3v) is 6.34. The van der Waals surface area contributed by atoms with Crippen molar-refractivity contribution in [2.24, 2.45) is 5.92 Å². The van der Waals surface area contributed by atoms with Crippen molar-refractivity contribution in [1.29, 1.82) is 0 Å². The van der Waals surface area contributed by atoms with Crippen molar-refractivity contribution < 1.29 is 14.2 Å². The molecule has 186 valence electrons. The van der Waals surface area contributed by atoms with Crippen LogP contribution in [0.5, 0.6) is 17.2 Å². The normalized spacial score (nSPS) is 14.1. The molecule has 1 N–H and O–H groups in total. The van der Waals surface area contributed by atoms with E-state index in [9.17, 15) is 0 Å². The third-order valence-electron chi connectivity index (χ3n) is 5.73. The third kappa shape index (κ3) is 6.40. The molecule has 0 atom stereocenters. The van der Waals surface area contributed by atoms with E-state index in [-0.39, 0.29) is 24.8 Å². The maximum absolute atomic E-state index is 6.37. The number of hydrogen-bond donors (Lipinski definition) is 1. The summed E-state index contributed by atoms with van der Waals surface area (Å²) >= 11 is 12.5. The van der Waals surface area contributed by atoms with Crippen LogP contribution in [0.2, 0.25) is 10.0 Å². The van der Waals surface area contributed by atoms with E-state index in [1.165, 1.54) is 6.33 Å². The average Bonchev–Trinajstić information content (AvgIpc) is 2.80. The number of likely N-dealkylation sites (tertiary alicyclic amines) is 1. The van der Waals surface area contributed by atoms with E-state index < -0.39 is 0 Å². The van der Waals surface area contributed by atoms with Crippen LogP contribution >= 0.6 is 48.0 Å². The van der Waals surface area contributed by atoms with Crippen molar-refractivity contribution in [3.63, 3.8) is 0 Å². The first-order chi connectivity index (χ1) is 15.5. The fraction of sp³-hybridized carbons (Fsp3) is 0.391. The minimum Gasteiger partial charge on any atom is -0.495 e. The lowest BCUT2D eigenvalue weighted by Gasteiger charge is -2.28. The van der Waals surface area contributed by atoms with Gasteiger partial charge in [0.1, 0.15) is 17.9 Å². The van der Waals surface area contributed by atoms with Gasteiger partial charge in [0.05, 0.1) is 42.1 Å². The molecule has 1 aliphatic heterocycles. The molecule has 11 heteroatoms. The smallest absolute Gasteiger partial charge is 0.163 e. The molecule has 0 amide bonds. The van der Waals surface area contributed by atoms with Crippen LogP contribution in [-0.2, 0) is 0 Å². The molecular weight excluding hydrogens is 522 g/mol. The van der Waals surface area contributed by atoms with Crippen molar-refractivity contribution in [2.75, 3.05) is 46.3 Å². The quantitative estimate of drug-likeness (QED) is 0.373. The van der Waals surface area contributed by atoms with Gasteiger partial charge in [-0.15, -0.1) is 24.8 Å². The largest absolute Gasteiger partial charge is 0.495 e. The van der Waals surface area contributed by atoms with Gasteiger partial charge in [-0.05, 0) is 51.0 Å². The first-order valence-electron chi connectivity index (χ1n) is 10.4. The topological polar surface area (TPSA) is 68.7 Å². The highest BCUT2D eigenvalue weighted by molar-refractivity contribution is 6.37. The summed E-state index contributed by atoms with van der Waals surface area (Å²) in [4.78, 5) is 11.2. The zero-order chi connectivity index (χ0) is 22.7. The van der Waals surface area contributed by atoms with E-state index >= 15 is 0 Å². The summed E-state index contributed by atoms with van der Waals surface area (Å²) < 4.78 is 17.1. The maximum Gasteiger partial charge on any atom is 0.163 e. The van der Waals surface area contributed by atoms with Gasteiger partial charge < -0.3 is 24.4 Å². The number of methoxy groups -OCH3 is 2. The molecule has 0 radical (unpaired) electrons. The minimum atomic E-state index is 0. The van der Waals surface area contributed by atoms with Gasteiger partial charge in [0, 0.05) is 17.5 Å². The number of rotatable bonds is 7. The van der Waals surface area contributed by atoms with Crippen LogP contribution < -0.4 is 19.5 Å². The van der Waals surface area contributed by atoms with E-state index in [0.717, 1.165) is 36.8 Å². The summed E-state index contributed by atoms with van der Waals surface area (Å²) in [7, 11) is 5.33. The second-order valence-electron chi connectivity index (χ2n) is 7.89. The average molecular weight is 550 g/mol. The fourth-order valence-electron chi connectivity index (χ4n) is 3.78. The van der Waals surface area contributed by atoms with Crippen LogP contribution in [0.15, 0.2) is 30.6 Å². The van der Waals surface area contributed by atoms with Crippen molar-refractivity contribution in [3.05, 3.63) is 40.6 Å². The first kappa shape index (κ1) is 28.3. The van der Waals surface area contributed by atoms with E-state index in [2.05, 4.69) is 27.2 Å². The van der Waals surface area contributed by atoms with Gasteiger partial charge in [0.25, 0.3) is 0 Å². The summed E-state index contributed by atoms with van der Waals surface area (Å²) in [5.41, 5.74) is 1.35. The molecule has 0 aliphatic carbocycles. The number of nitrogens with zero attached hydrogens (tertiary/aromatic N) is 3. The van der Waals surface area contributed by atoms with Crippen LogP contribution in [0.4, 0.5) is 11.5 Å². The number of aromatic nitrogens is 2. The minimum absolute atomic E-state index is 0. The predicted octanol–water partition coefficient (Wildman–Crippen LogP) is 6.26. The van der Waals surface area contributed by atoms with Gasteiger partial charge >= 0.3 is 0 Å². The Hall–Kier alpha value is -1.90. The summed E-state index contributed by atoms with van der Waals surface area (Å²) in [5, 5.41) is 4.92. The lowest BCUT2D eigenvalue weighted by molar-refractivity contribution is 0.157. The Morgan fingerprint density at radius 3 is 2.32 bits per heavy atom. The van der Waals surface area contributed by atoms with Crippen LogP contribution in [0, 0.1) is 5.92 Å². The van der Waals surface area contributed by atoms with E-state index in [0.29, 0.717) is 51.3 Å². The number of fused-ring (bicyclic) bond motifs is 1. The molecule has 1 fully saturated rings. The van der Waals surface area contributed by atoms with Crippen LogP contribution in [-0.4, -0.2) is 55.8 Å². The summed E-state index contributed by atoms with van der Waals surface area (Å²) in [6, 6.07) is 7.13. The number of nitrogens with one attached hydrogen (secondary N) is 1. The molecule has 1 saturated heterocycles. The zero-order valence-corrected chi connectivity index (χ0v) is 22.3. The number of halogens is 4. The van der Waals surface area contributed by atoms with Gasteiger partial charge in [0.15, 0.2) is 11.5 Å². The highest BCUT2D eigenvalue weighted by Gasteiger charge is 2.19. The van der Waals surface area contributed by atoms with E-state index in [1.54, 1.807) is 26.4 Å². The standard InChI is InChI=1S/C23H26Cl2N4O3.2ClH/c1-29-6-4-14(5-7-29)12-32-22-10-18-15(8-21(22)31-3)23(27-13-26-18)28-19-11-20(30-2)17(25)9-16(19)24;;/h8-11,13-14H,4-7,12H2,1-3H3,(H,26,27,28);2*1H. The molecule has 0 bridgehead atoms. The molecule has 7 nitrogen and oxygen atoms in total. The molecule has 2 aromatic carbocycles. The van der Waals surface area contributed by atoms with Gasteiger partial charge in [-0.1, -0.05) is 23.2 Å². The molecule has 4 rings (SSSR count). The van der Waals surface area contributed by atoms with E-state index in [1.807, 2.05) is 12.1 Å². The van der Waals surface area contributed by atoms with Gasteiger partial charge in [-0.25, -0.2) is 9.97 Å². The second-order valence-corrected chi connectivity index (χ2v) is 8.71. The van der Waals surface area contributed by atoms with Crippen LogP contribution in [0.25, 0.3) is 10.9 Å². The lowest BCUT2D eigenvalue weighted by Crippen LogP contribution is -2.32. The molecule has 1 aliphatic rings. The molecule has 0 spiro atoms. The Morgan fingerprint density at radius 2 is 1.65 bits per heavy atom. The van der Waals surface area contributed by atoms with Crippen molar-refractivity contribution in [2.45, 2.75) is 12.8 Å². The molecule has 3 aromatic rings. The van der Waals surface area contributed by atoms with E-state index in [4.69, 9.17) is 37.4 Å². The SMILES string of the molecule is COc1cc(Nc2ncnc3cc(OCC4CCN(C)CC4)c(OC)cc23)c(Cl)cc1Cl.Cl.Cl. The van der Waals surface area contributed by atoms with Crippen molar-refractivity contribution >= 4 is 70.4 Å². The number of hydrogen-bond acceptors (Lipinski definition) is 7. The van der Waals surface area contributed by atoms with Gasteiger partial charge in [-0.2, -0.15) is 0 Å². The van der Waals surface area contributed by atoms with Crippen LogP contribution in [0.1, 0.15) is 12.8 Å².